The summed E-state index contributed by atoms with van der Waals surface area (Å²) < 4.78 is 0. The van der Waals surface area contributed by atoms with Gasteiger partial charge in [-0.15, -0.1) is 0 Å². The van der Waals surface area contributed by atoms with Crippen molar-refractivity contribution in [1.29, 1.82) is 0 Å². The topological polar surface area (TPSA) is 230 Å². The third kappa shape index (κ3) is 3.40. The Morgan fingerprint density at radius 3 is 1.58 bits per heavy atom. The van der Waals surface area contributed by atoms with Crippen LogP contribution in [0.1, 0.15) is 0 Å². The summed E-state index contributed by atoms with van der Waals surface area (Å²) in [7, 11) is 0. The van der Waals surface area contributed by atoms with E-state index in [9.17, 15) is 39.6 Å². The van der Waals surface area contributed by atoms with E-state index < -0.39 is 73.0 Å². The molecule has 0 radical (unpaired) electrons. The molecule has 0 spiro atoms. The van der Waals surface area contributed by atoms with E-state index in [1.165, 1.54) is 0 Å². The minimum Gasteiger partial charge on any atom is -0.394 e. The molecule has 12 nitrogen and oxygen atoms in total. The Balaban J connectivity index is 6.62. The second-order valence-electron chi connectivity index (χ2n) is 4.74. The molecule has 0 unspecified atom stereocenters. The van der Waals surface area contributed by atoms with E-state index in [2.05, 4.69) is 0 Å². The molecule has 0 bridgehead atoms. The number of aliphatic hydroxyl groups excluding tert-OH is 6. The molecule has 0 amide bonds. The maximum atomic E-state index is 11.9. The normalized spacial score (nSPS) is 18.8. The van der Waals surface area contributed by atoms with Crippen molar-refractivity contribution < 1.29 is 60.0 Å². The maximum absolute atomic E-state index is 11.9. The molecule has 24 heavy (non-hydrogen) atoms. The fourth-order valence-electron chi connectivity index (χ4n) is 1.98. The first-order valence-electron chi connectivity index (χ1n) is 6.39. The smallest absolute Gasteiger partial charge is 0.243 e. The van der Waals surface area contributed by atoms with Gasteiger partial charge in [0.15, 0.2) is 11.4 Å². The summed E-state index contributed by atoms with van der Waals surface area (Å²) in [6, 6.07) is 0. The Morgan fingerprint density at radius 2 is 1.25 bits per heavy atom. The molecule has 0 heterocycles. The minimum absolute atomic E-state index is 1.33. The Hall–Kier alpha value is -1.64. The lowest BCUT2D eigenvalue weighted by Gasteiger charge is -2.42. The molecule has 0 aromatic heterocycles. The van der Waals surface area contributed by atoms with Crippen LogP contribution in [0.3, 0.4) is 0 Å². The van der Waals surface area contributed by atoms with E-state index in [1.54, 1.807) is 0 Å². The van der Waals surface area contributed by atoms with Crippen molar-refractivity contribution in [2.24, 2.45) is 0 Å². The summed E-state index contributed by atoms with van der Waals surface area (Å²) in [5.74, 6) is -8.18. The molecule has 138 valence electrons. The molecule has 0 saturated heterocycles. The monoisotopic (exact) mass is 354 g/mol. The SMILES string of the molecule is O=C(CO)C(=O)[C@](O)(C(=O)CO)[C@](O)(C(=O)CO)[C@H](O)[C@H](O)CO. The van der Waals surface area contributed by atoms with Crippen LogP contribution >= 0.6 is 0 Å². The van der Waals surface area contributed by atoms with Gasteiger partial charge in [0.2, 0.25) is 23.0 Å². The quantitative estimate of drug-likeness (QED) is 0.128. The number of aliphatic hydroxyl groups is 8. The van der Waals surface area contributed by atoms with Crippen LogP contribution in [0.5, 0.6) is 0 Å². The van der Waals surface area contributed by atoms with Crippen molar-refractivity contribution in [2.45, 2.75) is 23.4 Å². The van der Waals surface area contributed by atoms with E-state index in [4.69, 9.17) is 20.4 Å². The largest absolute Gasteiger partial charge is 0.394 e. The molecule has 0 saturated carbocycles. The predicted molar refractivity (Wildman–Crippen MR) is 70.3 cm³/mol. The summed E-state index contributed by atoms with van der Waals surface area (Å²) in [5.41, 5.74) is -8.15. The summed E-state index contributed by atoms with van der Waals surface area (Å²) in [4.78, 5) is 46.8. The van der Waals surface area contributed by atoms with Gasteiger partial charge in [-0.25, -0.2) is 0 Å². The van der Waals surface area contributed by atoms with Gasteiger partial charge >= 0.3 is 0 Å². The van der Waals surface area contributed by atoms with Crippen LogP contribution in [0.4, 0.5) is 0 Å². The molecule has 0 aliphatic heterocycles. The molecule has 0 rings (SSSR count). The molecule has 0 aromatic rings. The minimum atomic E-state index is -4.14. The molecule has 8 N–H and O–H groups in total. The lowest BCUT2D eigenvalue weighted by atomic mass is 9.68. The van der Waals surface area contributed by atoms with Crippen molar-refractivity contribution in [2.75, 3.05) is 26.4 Å². The Morgan fingerprint density at radius 1 is 0.792 bits per heavy atom. The van der Waals surface area contributed by atoms with Gasteiger partial charge in [-0.1, -0.05) is 0 Å². The van der Waals surface area contributed by atoms with Gasteiger partial charge in [0.1, 0.15) is 32.0 Å². The molecule has 0 aliphatic rings. The van der Waals surface area contributed by atoms with Crippen LogP contribution in [-0.4, -0.2) is 114 Å². The van der Waals surface area contributed by atoms with Crippen molar-refractivity contribution >= 4 is 23.1 Å². The van der Waals surface area contributed by atoms with Crippen molar-refractivity contribution in [1.82, 2.24) is 0 Å². The second-order valence-corrected chi connectivity index (χ2v) is 4.74. The number of carbonyl (C=O) groups is 4. The zero-order chi connectivity index (χ0) is 19.3. The third-order valence-corrected chi connectivity index (χ3v) is 3.37. The number of hydrogen-bond donors (Lipinski definition) is 8. The van der Waals surface area contributed by atoms with E-state index in [0.717, 1.165) is 0 Å². The highest BCUT2D eigenvalue weighted by Gasteiger charge is 2.68. The van der Waals surface area contributed by atoms with Gasteiger partial charge in [-0.2, -0.15) is 0 Å². The van der Waals surface area contributed by atoms with Crippen molar-refractivity contribution in [3.05, 3.63) is 0 Å². The van der Waals surface area contributed by atoms with Gasteiger partial charge in [-0.05, 0) is 0 Å². The van der Waals surface area contributed by atoms with Gasteiger partial charge in [0.05, 0.1) is 6.61 Å². The van der Waals surface area contributed by atoms with Gasteiger partial charge in [0, 0.05) is 0 Å². The van der Waals surface area contributed by atoms with Crippen LogP contribution in [-0.2, 0) is 19.2 Å². The molecule has 0 aromatic carbocycles. The summed E-state index contributed by atoms with van der Waals surface area (Å²) in [5, 5.41) is 74.9. The number of carbonyl (C=O) groups excluding carboxylic acids is 4. The van der Waals surface area contributed by atoms with Crippen molar-refractivity contribution in [3.63, 3.8) is 0 Å². The fraction of sp³-hybridized carbons (Fsp3) is 0.667. The lowest BCUT2D eigenvalue weighted by molar-refractivity contribution is -0.220. The summed E-state index contributed by atoms with van der Waals surface area (Å²) >= 11 is 0. The van der Waals surface area contributed by atoms with E-state index >= 15 is 0 Å². The number of Topliss-reactive ketones (excluding diaryl/α,β-unsaturated/α-hetero) is 4. The number of ketones is 4. The van der Waals surface area contributed by atoms with Gasteiger partial charge in [-0.3, -0.25) is 19.2 Å². The van der Waals surface area contributed by atoms with E-state index in [1.807, 2.05) is 0 Å². The first-order chi connectivity index (χ1) is 11.0. The highest BCUT2D eigenvalue weighted by atomic mass is 16.4. The molecule has 12 heteroatoms. The van der Waals surface area contributed by atoms with Crippen LogP contribution < -0.4 is 0 Å². The van der Waals surface area contributed by atoms with Crippen LogP contribution in [0.2, 0.25) is 0 Å². The van der Waals surface area contributed by atoms with E-state index in [0.29, 0.717) is 0 Å². The van der Waals surface area contributed by atoms with Crippen LogP contribution in [0, 0.1) is 0 Å². The number of rotatable bonds is 11. The molecular formula is C12H18O12. The van der Waals surface area contributed by atoms with Crippen LogP contribution in [0.25, 0.3) is 0 Å². The lowest BCUT2D eigenvalue weighted by Crippen LogP contribution is -2.76. The fourth-order valence-corrected chi connectivity index (χ4v) is 1.98. The van der Waals surface area contributed by atoms with Crippen LogP contribution in [0.15, 0.2) is 0 Å². The zero-order valence-corrected chi connectivity index (χ0v) is 12.2. The zero-order valence-electron chi connectivity index (χ0n) is 12.2. The summed E-state index contributed by atoms with van der Waals surface area (Å²) in [6.45, 7) is -6.27. The Bertz CT molecular complexity index is 516. The average Bonchev–Trinajstić information content (AvgIpc) is 2.61. The molecule has 0 aliphatic carbocycles. The Labute approximate surface area is 134 Å². The third-order valence-electron chi connectivity index (χ3n) is 3.37. The summed E-state index contributed by atoms with van der Waals surface area (Å²) in [6.07, 6.45) is -5.33. The standard InChI is InChI=1S/C12H18O12/c13-1-5(17)9(21)11(23,7(19)3-15)12(24,8(20)4-16)10(22)6(18)2-14/h5,9,13-17,21,23-24H,1-4H2/t5-,9-,11+,12-/m1/s1. The molecule has 4 atom stereocenters. The molecular weight excluding hydrogens is 336 g/mol. The van der Waals surface area contributed by atoms with E-state index in [-0.39, 0.29) is 0 Å². The Kier molecular flexibility index (Phi) is 7.88. The first kappa shape index (κ1) is 22.4. The van der Waals surface area contributed by atoms with Gasteiger partial charge < -0.3 is 40.9 Å². The molecule has 0 fully saturated rings. The highest BCUT2D eigenvalue weighted by molar-refractivity contribution is 6.46. The number of hydrogen-bond acceptors (Lipinski definition) is 12. The second kappa shape index (κ2) is 8.46. The highest BCUT2D eigenvalue weighted by Crippen LogP contribution is 2.32. The maximum Gasteiger partial charge on any atom is 0.243 e. The first-order valence-corrected chi connectivity index (χ1v) is 6.39. The average molecular weight is 354 g/mol. The van der Waals surface area contributed by atoms with Crippen molar-refractivity contribution in [3.8, 4) is 0 Å². The van der Waals surface area contributed by atoms with Gasteiger partial charge in [0.25, 0.3) is 0 Å². The predicted octanol–water partition coefficient (Wildman–Crippen LogP) is -6.58.